The minimum atomic E-state index is -0.465. The SMILES string of the molecule is COCCOc1cccc(O[C@H]2C[C@H]3CC[C@@H](C2)N3C(=O)OC(C)(C)C)c1. The Morgan fingerprint density at radius 3 is 2.41 bits per heavy atom. The Kier molecular flexibility index (Phi) is 6.15. The molecule has 0 saturated carbocycles. The summed E-state index contributed by atoms with van der Waals surface area (Å²) in [5.74, 6) is 1.58. The fourth-order valence-corrected chi connectivity index (χ4v) is 3.91. The van der Waals surface area contributed by atoms with Crippen molar-refractivity contribution in [2.24, 2.45) is 0 Å². The van der Waals surface area contributed by atoms with E-state index in [1.54, 1.807) is 7.11 Å². The van der Waals surface area contributed by atoms with Gasteiger partial charge in [-0.25, -0.2) is 4.79 Å². The summed E-state index contributed by atoms with van der Waals surface area (Å²) < 4.78 is 22.5. The van der Waals surface area contributed by atoms with Gasteiger partial charge in [-0.15, -0.1) is 0 Å². The lowest BCUT2D eigenvalue weighted by molar-refractivity contribution is -0.00709. The largest absolute Gasteiger partial charge is 0.491 e. The number of carbonyl (C=O) groups excluding carboxylic acids is 1. The average Bonchev–Trinajstić information content (AvgIpc) is 2.85. The van der Waals surface area contributed by atoms with E-state index in [4.69, 9.17) is 18.9 Å². The Balaban J connectivity index is 1.57. The van der Waals surface area contributed by atoms with Crippen molar-refractivity contribution in [1.29, 1.82) is 0 Å². The molecule has 2 aliphatic heterocycles. The zero-order valence-electron chi connectivity index (χ0n) is 16.8. The van der Waals surface area contributed by atoms with Crippen LogP contribution >= 0.6 is 0 Å². The maximum absolute atomic E-state index is 12.5. The number of fused-ring (bicyclic) bond motifs is 2. The van der Waals surface area contributed by atoms with Gasteiger partial charge in [-0.3, -0.25) is 0 Å². The summed E-state index contributed by atoms with van der Waals surface area (Å²) in [5.41, 5.74) is -0.465. The highest BCUT2D eigenvalue weighted by molar-refractivity contribution is 5.69. The average molecular weight is 377 g/mol. The molecule has 1 amide bonds. The van der Waals surface area contributed by atoms with Crippen LogP contribution in [-0.2, 0) is 9.47 Å². The zero-order chi connectivity index (χ0) is 19.4. The van der Waals surface area contributed by atoms with E-state index >= 15 is 0 Å². The van der Waals surface area contributed by atoms with Gasteiger partial charge >= 0.3 is 6.09 Å². The second-order valence-electron chi connectivity index (χ2n) is 8.30. The standard InChI is InChI=1S/C21H31NO5/c1-21(2,3)27-20(23)22-15-8-9-16(22)13-19(12-15)26-18-7-5-6-17(14-18)25-11-10-24-4/h5-7,14-16,19H,8-13H2,1-4H3/t15-,16+,19+. The van der Waals surface area contributed by atoms with Gasteiger partial charge < -0.3 is 23.8 Å². The Bertz CT molecular complexity index is 628. The van der Waals surface area contributed by atoms with Gasteiger partial charge in [0.15, 0.2) is 0 Å². The highest BCUT2D eigenvalue weighted by atomic mass is 16.6. The number of hydrogen-bond donors (Lipinski definition) is 0. The Morgan fingerprint density at radius 2 is 1.78 bits per heavy atom. The summed E-state index contributed by atoms with van der Waals surface area (Å²) in [7, 11) is 1.65. The van der Waals surface area contributed by atoms with E-state index in [-0.39, 0.29) is 24.3 Å². The predicted molar refractivity (Wildman–Crippen MR) is 102 cm³/mol. The molecule has 27 heavy (non-hydrogen) atoms. The number of carbonyl (C=O) groups is 1. The molecule has 2 saturated heterocycles. The van der Waals surface area contributed by atoms with Crippen molar-refractivity contribution in [3.63, 3.8) is 0 Å². The van der Waals surface area contributed by atoms with Gasteiger partial charge in [-0.05, 0) is 45.7 Å². The second kappa shape index (κ2) is 8.38. The van der Waals surface area contributed by atoms with Gasteiger partial charge in [0.25, 0.3) is 0 Å². The number of methoxy groups -OCH3 is 1. The quantitative estimate of drug-likeness (QED) is 0.701. The lowest BCUT2D eigenvalue weighted by atomic mass is 10.00. The molecule has 0 spiro atoms. The molecular formula is C21H31NO5. The molecule has 1 aromatic carbocycles. The zero-order valence-corrected chi connectivity index (χ0v) is 16.8. The molecule has 3 atom stereocenters. The first-order chi connectivity index (χ1) is 12.9. The van der Waals surface area contributed by atoms with Crippen molar-refractivity contribution >= 4 is 6.09 Å². The van der Waals surface area contributed by atoms with Crippen LogP contribution in [0.1, 0.15) is 46.5 Å². The molecule has 6 nitrogen and oxygen atoms in total. The third-order valence-corrected chi connectivity index (χ3v) is 4.96. The molecular weight excluding hydrogens is 346 g/mol. The molecule has 6 heteroatoms. The molecule has 2 fully saturated rings. The van der Waals surface area contributed by atoms with Crippen LogP contribution in [0, 0.1) is 0 Å². The van der Waals surface area contributed by atoms with Crippen LogP contribution in [-0.4, -0.2) is 55.1 Å². The van der Waals surface area contributed by atoms with Gasteiger partial charge in [0.1, 0.15) is 29.8 Å². The number of ether oxygens (including phenoxy) is 4. The van der Waals surface area contributed by atoms with Crippen LogP contribution in [0.4, 0.5) is 4.79 Å². The number of nitrogens with zero attached hydrogens (tertiary/aromatic N) is 1. The monoisotopic (exact) mass is 377 g/mol. The highest BCUT2D eigenvalue weighted by Crippen LogP contribution is 2.38. The van der Waals surface area contributed by atoms with Crippen molar-refractivity contribution in [2.75, 3.05) is 20.3 Å². The van der Waals surface area contributed by atoms with Crippen molar-refractivity contribution in [3.05, 3.63) is 24.3 Å². The van der Waals surface area contributed by atoms with E-state index in [0.29, 0.717) is 13.2 Å². The first kappa shape index (κ1) is 19.8. The van der Waals surface area contributed by atoms with Crippen LogP contribution in [0.5, 0.6) is 11.5 Å². The summed E-state index contributed by atoms with van der Waals surface area (Å²) in [6.45, 7) is 6.79. The van der Waals surface area contributed by atoms with Gasteiger partial charge in [0.2, 0.25) is 0 Å². The first-order valence-electron chi connectivity index (χ1n) is 9.75. The fraction of sp³-hybridized carbons (Fsp3) is 0.667. The predicted octanol–water partition coefficient (Wildman–Crippen LogP) is 4.02. The summed E-state index contributed by atoms with van der Waals surface area (Å²) >= 11 is 0. The molecule has 2 heterocycles. The van der Waals surface area contributed by atoms with Gasteiger partial charge in [0.05, 0.1) is 6.61 Å². The van der Waals surface area contributed by atoms with E-state index in [2.05, 4.69) is 0 Å². The van der Waals surface area contributed by atoms with Crippen LogP contribution in [0.15, 0.2) is 24.3 Å². The van der Waals surface area contributed by atoms with Crippen LogP contribution < -0.4 is 9.47 Å². The van der Waals surface area contributed by atoms with Crippen LogP contribution in [0.2, 0.25) is 0 Å². The Labute approximate surface area is 161 Å². The van der Waals surface area contributed by atoms with Crippen molar-refractivity contribution in [3.8, 4) is 11.5 Å². The maximum Gasteiger partial charge on any atom is 0.410 e. The topological polar surface area (TPSA) is 57.2 Å². The summed E-state index contributed by atoms with van der Waals surface area (Å²) in [5, 5.41) is 0. The van der Waals surface area contributed by atoms with E-state index in [1.807, 2.05) is 49.9 Å². The molecule has 0 radical (unpaired) electrons. The second-order valence-corrected chi connectivity index (χ2v) is 8.30. The highest BCUT2D eigenvalue weighted by Gasteiger charge is 2.45. The Hall–Kier alpha value is -1.95. The lowest BCUT2D eigenvalue weighted by Gasteiger charge is -2.39. The third-order valence-electron chi connectivity index (χ3n) is 4.96. The number of piperidine rings is 1. The normalized spacial score (nSPS) is 24.6. The van der Waals surface area contributed by atoms with Gasteiger partial charge in [0, 0.05) is 38.1 Å². The summed E-state index contributed by atoms with van der Waals surface area (Å²) in [6, 6.07) is 8.11. The molecule has 0 unspecified atom stereocenters. The molecule has 0 aliphatic carbocycles. The summed E-state index contributed by atoms with van der Waals surface area (Å²) in [4.78, 5) is 14.5. The molecule has 2 aliphatic rings. The van der Waals surface area contributed by atoms with E-state index < -0.39 is 5.60 Å². The fourth-order valence-electron chi connectivity index (χ4n) is 3.91. The minimum Gasteiger partial charge on any atom is -0.491 e. The Morgan fingerprint density at radius 1 is 1.11 bits per heavy atom. The van der Waals surface area contributed by atoms with Gasteiger partial charge in [-0.2, -0.15) is 0 Å². The molecule has 3 rings (SSSR count). The first-order valence-corrected chi connectivity index (χ1v) is 9.75. The van der Waals surface area contributed by atoms with Crippen LogP contribution in [0.25, 0.3) is 0 Å². The molecule has 0 aromatic heterocycles. The molecule has 2 bridgehead atoms. The molecule has 1 aromatic rings. The van der Waals surface area contributed by atoms with Crippen molar-refractivity contribution in [2.45, 2.75) is 70.2 Å². The van der Waals surface area contributed by atoms with E-state index in [1.165, 1.54) is 0 Å². The summed E-state index contributed by atoms with van der Waals surface area (Å²) in [6.07, 6.45) is 3.63. The van der Waals surface area contributed by atoms with Gasteiger partial charge in [-0.1, -0.05) is 6.07 Å². The van der Waals surface area contributed by atoms with Crippen LogP contribution in [0.3, 0.4) is 0 Å². The lowest BCUT2D eigenvalue weighted by Crippen LogP contribution is -2.50. The number of benzene rings is 1. The number of amides is 1. The number of rotatable bonds is 6. The minimum absolute atomic E-state index is 0.107. The van der Waals surface area contributed by atoms with E-state index in [9.17, 15) is 4.79 Å². The number of hydrogen-bond acceptors (Lipinski definition) is 5. The smallest absolute Gasteiger partial charge is 0.410 e. The van der Waals surface area contributed by atoms with Crippen molar-refractivity contribution < 1.29 is 23.7 Å². The molecule has 150 valence electrons. The third kappa shape index (κ3) is 5.28. The maximum atomic E-state index is 12.5. The van der Waals surface area contributed by atoms with E-state index in [0.717, 1.165) is 37.2 Å². The van der Waals surface area contributed by atoms with Crippen molar-refractivity contribution in [1.82, 2.24) is 4.90 Å². The molecule has 0 N–H and O–H groups in total.